The molecule has 3 rings (SSSR count). The van der Waals surface area contributed by atoms with Crippen LogP contribution in [0.2, 0.25) is 0 Å². The molecule has 1 aliphatic heterocycles. The number of aliphatic imine (C=N–C) groups is 1. The third-order valence-corrected chi connectivity index (χ3v) is 4.63. The summed E-state index contributed by atoms with van der Waals surface area (Å²) in [4.78, 5) is 29.0. The van der Waals surface area contributed by atoms with Crippen LogP contribution in [-0.4, -0.2) is 53.0 Å². The molecule has 0 saturated heterocycles. The highest BCUT2D eigenvalue weighted by molar-refractivity contribution is 7.08. The third kappa shape index (κ3) is 4.26. The van der Waals surface area contributed by atoms with Gasteiger partial charge in [0.25, 0.3) is 0 Å². The number of halogens is 3. The Labute approximate surface area is 166 Å². The first-order valence-electron chi connectivity index (χ1n) is 8.36. The van der Waals surface area contributed by atoms with Gasteiger partial charge >= 0.3 is 18.1 Å². The van der Waals surface area contributed by atoms with Crippen molar-refractivity contribution in [3.8, 4) is 0 Å². The van der Waals surface area contributed by atoms with Crippen molar-refractivity contribution in [3.63, 3.8) is 0 Å². The molecule has 8 nitrogen and oxygen atoms in total. The smallest absolute Gasteiger partial charge is 0.436 e. The first-order valence-corrected chi connectivity index (χ1v) is 9.31. The zero-order valence-electron chi connectivity index (χ0n) is 15.4. The predicted molar refractivity (Wildman–Crippen MR) is 94.7 cm³/mol. The maximum absolute atomic E-state index is 13.1. The van der Waals surface area contributed by atoms with Crippen molar-refractivity contribution < 1.29 is 37.0 Å². The standard InChI is InChI=1S/C17H16F3N3O5S/c1-3-26-15(25)16(8-27-13(21-16)10-4-5-29-7-10)9-28-14(24)11-6-23(2)22-12(11)17(18,19)20/h4-7H,3,8-9H2,1-2H3/t16-/m1/s1. The average Bonchev–Trinajstić information content (AvgIpc) is 3.38. The number of aryl methyl sites for hydroxylation is 1. The predicted octanol–water partition coefficient (Wildman–Crippen LogP) is 2.44. The van der Waals surface area contributed by atoms with E-state index in [0.717, 1.165) is 10.9 Å². The molecule has 12 heteroatoms. The molecule has 0 bridgehead atoms. The van der Waals surface area contributed by atoms with Crippen LogP contribution in [-0.2, 0) is 32.2 Å². The van der Waals surface area contributed by atoms with E-state index in [4.69, 9.17) is 14.2 Å². The lowest BCUT2D eigenvalue weighted by atomic mass is 10.0. The van der Waals surface area contributed by atoms with E-state index < -0.39 is 41.5 Å². The van der Waals surface area contributed by atoms with Gasteiger partial charge < -0.3 is 14.2 Å². The van der Waals surface area contributed by atoms with Gasteiger partial charge in [0.1, 0.15) is 18.8 Å². The quantitative estimate of drug-likeness (QED) is 0.653. The SMILES string of the molecule is CCOC(=O)[C@]1(COC(=O)c2cn(C)nc2C(F)(F)F)COC(c2ccsc2)=N1. The summed E-state index contributed by atoms with van der Waals surface area (Å²) in [6, 6.07) is 1.72. The summed E-state index contributed by atoms with van der Waals surface area (Å²) < 4.78 is 55.6. The van der Waals surface area contributed by atoms with Crippen molar-refractivity contribution in [2.24, 2.45) is 12.0 Å². The fourth-order valence-corrected chi connectivity index (χ4v) is 3.22. The zero-order chi connectivity index (χ0) is 21.2. The van der Waals surface area contributed by atoms with Gasteiger partial charge in [-0.15, -0.1) is 0 Å². The van der Waals surface area contributed by atoms with Crippen LogP contribution in [0.4, 0.5) is 13.2 Å². The van der Waals surface area contributed by atoms with Crippen LogP contribution in [0.25, 0.3) is 0 Å². The highest BCUT2D eigenvalue weighted by Crippen LogP contribution is 2.31. The van der Waals surface area contributed by atoms with E-state index in [2.05, 4.69) is 10.1 Å². The van der Waals surface area contributed by atoms with Gasteiger partial charge in [0.15, 0.2) is 5.69 Å². The second kappa shape index (κ2) is 7.85. The summed E-state index contributed by atoms with van der Waals surface area (Å²) >= 11 is 1.39. The summed E-state index contributed by atoms with van der Waals surface area (Å²) in [5, 5.41) is 6.79. The maximum atomic E-state index is 13.1. The van der Waals surface area contributed by atoms with Gasteiger partial charge in [-0.3, -0.25) is 4.68 Å². The molecule has 1 aliphatic rings. The fraction of sp³-hybridized carbons (Fsp3) is 0.412. The summed E-state index contributed by atoms with van der Waals surface area (Å²) in [7, 11) is 1.24. The minimum atomic E-state index is -4.84. The van der Waals surface area contributed by atoms with E-state index in [0.29, 0.717) is 5.56 Å². The van der Waals surface area contributed by atoms with Crippen molar-refractivity contribution in [1.29, 1.82) is 0 Å². The Morgan fingerprint density at radius 1 is 1.38 bits per heavy atom. The summed E-state index contributed by atoms with van der Waals surface area (Å²) in [6.45, 7) is 0.703. The van der Waals surface area contributed by atoms with Crippen LogP contribution in [0.5, 0.6) is 0 Å². The van der Waals surface area contributed by atoms with Gasteiger partial charge in [0, 0.05) is 24.2 Å². The first-order chi connectivity index (χ1) is 13.7. The second-order valence-corrected chi connectivity index (χ2v) is 6.89. The van der Waals surface area contributed by atoms with Gasteiger partial charge in [-0.2, -0.15) is 29.6 Å². The zero-order valence-corrected chi connectivity index (χ0v) is 16.2. The Bertz CT molecular complexity index is 939. The van der Waals surface area contributed by atoms with Gasteiger partial charge in [-0.1, -0.05) is 0 Å². The van der Waals surface area contributed by atoms with Crippen LogP contribution in [0.1, 0.15) is 28.5 Å². The Kier molecular flexibility index (Phi) is 5.64. The minimum absolute atomic E-state index is 0.0403. The topological polar surface area (TPSA) is 92.0 Å². The lowest BCUT2D eigenvalue weighted by molar-refractivity contribution is -0.152. The van der Waals surface area contributed by atoms with Gasteiger partial charge in [-0.05, 0) is 18.4 Å². The van der Waals surface area contributed by atoms with E-state index in [1.165, 1.54) is 18.4 Å². The summed E-state index contributed by atoms with van der Waals surface area (Å²) in [5.41, 5.74) is -3.22. The summed E-state index contributed by atoms with van der Waals surface area (Å²) in [5.74, 6) is -1.93. The van der Waals surface area contributed by atoms with Gasteiger partial charge in [0.05, 0.1) is 6.61 Å². The molecule has 3 heterocycles. The number of hydrogen-bond acceptors (Lipinski definition) is 8. The second-order valence-electron chi connectivity index (χ2n) is 6.11. The number of nitrogens with zero attached hydrogens (tertiary/aromatic N) is 3. The number of ether oxygens (including phenoxy) is 3. The molecule has 0 saturated carbocycles. The number of carbonyl (C=O) groups is 2. The van der Waals surface area contributed by atoms with Crippen LogP contribution >= 0.6 is 11.3 Å². The molecule has 0 N–H and O–H groups in total. The molecule has 29 heavy (non-hydrogen) atoms. The van der Waals surface area contributed by atoms with Crippen LogP contribution in [0, 0.1) is 0 Å². The van der Waals surface area contributed by atoms with Crippen molar-refractivity contribution in [3.05, 3.63) is 39.8 Å². The van der Waals surface area contributed by atoms with E-state index in [9.17, 15) is 22.8 Å². The van der Waals surface area contributed by atoms with Crippen LogP contribution < -0.4 is 0 Å². The van der Waals surface area contributed by atoms with E-state index in [1.807, 2.05) is 0 Å². The number of thiophene rings is 1. The first kappa shape index (κ1) is 20.8. The molecule has 2 aromatic heterocycles. The maximum Gasteiger partial charge on any atom is 0.436 e. The average molecular weight is 431 g/mol. The fourth-order valence-electron chi connectivity index (χ4n) is 2.59. The van der Waals surface area contributed by atoms with Crippen LogP contribution in [0.3, 0.4) is 0 Å². The molecular formula is C17H16F3N3O5S. The Hall–Kier alpha value is -2.89. The van der Waals surface area contributed by atoms with Gasteiger partial charge in [0.2, 0.25) is 11.4 Å². The van der Waals surface area contributed by atoms with Crippen molar-refractivity contribution in [1.82, 2.24) is 9.78 Å². The molecule has 0 aromatic carbocycles. The third-order valence-electron chi connectivity index (χ3n) is 3.95. The molecule has 1 atom stereocenters. The van der Waals surface area contributed by atoms with Crippen molar-refractivity contribution >= 4 is 29.2 Å². The van der Waals surface area contributed by atoms with Crippen molar-refractivity contribution in [2.45, 2.75) is 18.6 Å². The molecule has 0 amide bonds. The monoisotopic (exact) mass is 431 g/mol. The minimum Gasteiger partial charge on any atom is -0.474 e. The number of aromatic nitrogens is 2. The number of carbonyl (C=O) groups excluding carboxylic acids is 2. The van der Waals surface area contributed by atoms with E-state index in [1.54, 1.807) is 23.8 Å². The number of rotatable bonds is 6. The molecule has 0 fully saturated rings. The molecule has 156 valence electrons. The van der Waals surface area contributed by atoms with Gasteiger partial charge in [-0.25, -0.2) is 14.6 Å². The molecule has 0 unspecified atom stereocenters. The summed E-state index contributed by atoms with van der Waals surface area (Å²) in [6.07, 6.45) is -3.94. The molecule has 0 aliphatic carbocycles. The number of alkyl halides is 3. The highest BCUT2D eigenvalue weighted by Gasteiger charge is 2.48. The molecule has 0 radical (unpaired) electrons. The van der Waals surface area contributed by atoms with Crippen LogP contribution in [0.15, 0.2) is 28.0 Å². The normalized spacial score (nSPS) is 18.9. The van der Waals surface area contributed by atoms with Crippen molar-refractivity contribution in [2.75, 3.05) is 19.8 Å². The Morgan fingerprint density at radius 2 is 2.14 bits per heavy atom. The highest BCUT2D eigenvalue weighted by atomic mass is 32.1. The molecule has 2 aromatic rings. The van der Waals surface area contributed by atoms with E-state index >= 15 is 0 Å². The number of hydrogen-bond donors (Lipinski definition) is 0. The Balaban J connectivity index is 1.84. The van der Waals surface area contributed by atoms with E-state index in [-0.39, 0.29) is 19.1 Å². The largest absolute Gasteiger partial charge is 0.474 e. The Morgan fingerprint density at radius 3 is 2.76 bits per heavy atom. The lowest BCUT2D eigenvalue weighted by Crippen LogP contribution is -2.45. The number of esters is 2. The molecule has 0 spiro atoms. The molecular weight excluding hydrogens is 415 g/mol. The lowest BCUT2D eigenvalue weighted by Gasteiger charge is -2.21.